The summed E-state index contributed by atoms with van der Waals surface area (Å²) in [5, 5.41) is 105. The summed E-state index contributed by atoms with van der Waals surface area (Å²) in [5.41, 5.74) is 0. The third kappa shape index (κ3) is 32.4. The lowest BCUT2D eigenvalue weighted by Crippen LogP contribution is -2.55. The van der Waals surface area contributed by atoms with Crippen LogP contribution in [0.2, 0.25) is 0 Å². The lowest BCUT2D eigenvalue weighted by atomic mass is 9.91. The third-order valence-electron chi connectivity index (χ3n) is 17.6. The number of rotatable bonds is 52. The van der Waals surface area contributed by atoms with Crippen LogP contribution in [0.4, 0.5) is 0 Å². The topological polar surface area (TPSA) is 409 Å². The van der Waals surface area contributed by atoms with Gasteiger partial charge in [-0.2, -0.15) is 0 Å². The molecule has 27 nitrogen and oxygen atoms in total. The Morgan fingerprint density at radius 3 is 1.11 bits per heavy atom. The monoisotopic (exact) mass is 1320 g/mol. The van der Waals surface area contributed by atoms with E-state index in [-0.39, 0.29) is 74.0 Å². The van der Waals surface area contributed by atoms with Crippen molar-refractivity contribution < 1.29 is 108 Å². The molecule has 0 aromatic heterocycles. The van der Waals surface area contributed by atoms with Crippen molar-refractivity contribution in [3.8, 4) is 0 Å². The summed E-state index contributed by atoms with van der Waals surface area (Å²) in [6, 6.07) is -0.924. The Morgan fingerprint density at radius 2 is 0.717 bits per heavy atom. The van der Waals surface area contributed by atoms with Gasteiger partial charge in [0.2, 0.25) is 29.5 Å². The van der Waals surface area contributed by atoms with Crippen molar-refractivity contribution in [2.45, 2.75) is 274 Å². The van der Waals surface area contributed by atoms with Gasteiger partial charge in [0.25, 0.3) is 0 Å². The molecule has 3 rings (SSSR count). The van der Waals surface area contributed by atoms with Crippen LogP contribution < -0.4 is 26.6 Å². The summed E-state index contributed by atoms with van der Waals surface area (Å²) >= 11 is 0. The van der Waals surface area contributed by atoms with E-state index < -0.39 is 123 Å². The van der Waals surface area contributed by atoms with Crippen LogP contribution in [0.15, 0.2) is 0 Å². The number of hydrogen-bond donors (Lipinski definition) is 14. The van der Waals surface area contributed by atoms with Crippen LogP contribution >= 0.6 is 0 Å². The third-order valence-corrected chi connectivity index (χ3v) is 17.6. The molecule has 536 valence electrons. The van der Waals surface area contributed by atoms with Crippen LogP contribution in [-0.2, 0) is 61.9 Å². The predicted octanol–water partition coefficient (Wildman–Crippen LogP) is 1.58. The molecule has 14 N–H and O–H groups in total. The van der Waals surface area contributed by atoms with Gasteiger partial charge in [-0.25, -0.2) is 0 Å². The van der Waals surface area contributed by atoms with E-state index in [2.05, 4.69) is 26.6 Å². The molecule has 17 unspecified atom stereocenters. The number of methoxy groups -OCH3 is 1. The number of ketones is 1. The van der Waals surface area contributed by atoms with Gasteiger partial charge in [-0.15, -0.1) is 0 Å². The molecular formula is C65H119N5O22. The molecule has 17 atom stereocenters. The molecule has 92 heavy (non-hydrogen) atoms. The average Bonchev–Trinajstić information content (AvgIpc) is 0.943. The van der Waals surface area contributed by atoms with E-state index in [1.807, 2.05) is 0 Å². The fraction of sp³-hybridized carbons (Fsp3) is 0.908. The van der Waals surface area contributed by atoms with Crippen LogP contribution in [0.5, 0.6) is 0 Å². The quantitative estimate of drug-likeness (QED) is 0.0384. The van der Waals surface area contributed by atoms with Crippen LogP contribution in [0.3, 0.4) is 0 Å². The van der Waals surface area contributed by atoms with Gasteiger partial charge in [-0.1, -0.05) is 65.7 Å². The predicted molar refractivity (Wildman–Crippen MR) is 338 cm³/mol. The molecule has 3 fully saturated rings. The SMILES string of the molecule is COCCCCCCNC(=O)CCCCCNC(=O)C(CCCCNC(=O)CCCCCOC1OC(CO)C(O)C(O)C1C)CC(=O)C(CCCCNC(=O)CCCCCOC1OC(CO)C(O)C(O)C1C)NC(=O)CCCCCOC1OC(CO)C(O)C(O)C1C. The normalized spacial score (nSPS) is 27.2. The van der Waals surface area contributed by atoms with Gasteiger partial charge in [-0.05, 0) is 96.3 Å². The van der Waals surface area contributed by atoms with Gasteiger partial charge in [0.05, 0.1) is 44.2 Å². The van der Waals surface area contributed by atoms with Gasteiger partial charge in [0.1, 0.15) is 36.6 Å². The molecule has 27 heteroatoms. The molecule has 0 bridgehead atoms. The van der Waals surface area contributed by atoms with Crippen LogP contribution in [-0.4, -0.2) is 241 Å². The van der Waals surface area contributed by atoms with Crippen molar-refractivity contribution >= 4 is 35.3 Å². The molecule has 5 amide bonds. The van der Waals surface area contributed by atoms with Gasteiger partial charge in [-0.3, -0.25) is 28.8 Å². The Morgan fingerprint density at radius 1 is 0.391 bits per heavy atom. The van der Waals surface area contributed by atoms with E-state index in [9.17, 15) is 74.7 Å². The number of nitrogens with one attached hydrogen (secondary N) is 5. The molecule has 0 spiro atoms. The minimum atomic E-state index is -1.25. The molecule has 3 aliphatic heterocycles. The summed E-state index contributed by atoms with van der Waals surface area (Å²) in [7, 11) is 1.68. The largest absolute Gasteiger partial charge is 0.394 e. The van der Waals surface area contributed by atoms with Crippen molar-refractivity contribution in [2.24, 2.45) is 23.7 Å². The number of hydrogen-bond acceptors (Lipinski definition) is 22. The Bertz CT molecular complexity index is 2010. The van der Waals surface area contributed by atoms with Crippen LogP contribution in [0.25, 0.3) is 0 Å². The first-order valence-corrected chi connectivity index (χ1v) is 34.4. The highest BCUT2D eigenvalue weighted by atomic mass is 16.7. The molecular weight excluding hydrogens is 1200 g/mol. The number of aliphatic hydroxyl groups is 9. The summed E-state index contributed by atoms with van der Waals surface area (Å²) in [6.07, 6.45) is 2.46. The maximum Gasteiger partial charge on any atom is 0.223 e. The van der Waals surface area contributed by atoms with Crippen molar-refractivity contribution in [3.63, 3.8) is 0 Å². The summed E-state index contributed by atoms with van der Waals surface area (Å²) in [5.74, 6) is -3.55. The zero-order chi connectivity index (χ0) is 67.6. The second kappa shape index (κ2) is 49.0. The van der Waals surface area contributed by atoms with Gasteiger partial charge in [0, 0.05) is 115 Å². The van der Waals surface area contributed by atoms with Crippen molar-refractivity contribution in [3.05, 3.63) is 0 Å². The van der Waals surface area contributed by atoms with Crippen LogP contribution in [0.1, 0.15) is 194 Å². The highest BCUT2D eigenvalue weighted by Crippen LogP contribution is 2.30. The standard InChI is InChI=1S/C65H119N5O22/c1-43-56(79)59(82)49(40-71)90-63(43)87-36-22-8-12-28-53(76)67-32-19-15-25-46(62(85)69-34-18-7-11-27-52(75)66-31-17-5-6-21-35-86-4)39-48(74)47(70-55(78)30-14-10-24-38-89-65-45(3)58(81)61(84)51(42-73)92-65)26-16-20-33-68-54(77)29-13-9-23-37-88-64-44(2)57(80)60(83)50(41-72)91-64/h43-47,49-51,56-61,63-65,71-73,79-84H,5-42H2,1-4H3,(H,66,75)(H,67,76)(H,68,77)(H,69,85)(H,70,78). The van der Waals surface area contributed by atoms with Gasteiger partial charge >= 0.3 is 0 Å². The van der Waals surface area contributed by atoms with E-state index in [0.717, 1.165) is 32.3 Å². The number of Topliss-reactive ketones (excluding diaryl/α,β-unsaturated/α-hetero) is 1. The molecule has 0 aromatic carbocycles. The second-order valence-corrected chi connectivity index (χ2v) is 25.3. The number of aliphatic hydroxyl groups excluding tert-OH is 9. The molecule has 0 radical (unpaired) electrons. The first-order valence-electron chi connectivity index (χ1n) is 34.4. The Kier molecular flexibility index (Phi) is 44.0. The summed E-state index contributed by atoms with van der Waals surface area (Å²) in [4.78, 5) is 80.0. The lowest BCUT2D eigenvalue weighted by molar-refractivity contribution is -0.282. The van der Waals surface area contributed by atoms with Gasteiger partial charge in [0.15, 0.2) is 24.7 Å². The van der Waals surface area contributed by atoms with E-state index in [1.54, 1.807) is 27.9 Å². The molecule has 0 saturated carbocycles. The molecule has 0 aliphatic carbocycles. The molecule has 0 aromatic rings. The van der Waals surface area contributed by atoms with Crippen molar-refractivity contribution in [1.82, 2.24) is 26.6 Å². The minimum Gasteiger partial charge on any atom is -0.394 e. The number of amides is 5. The Labute approximate surface area is 545 Å². The van der Waals surface area contributed by atoms with E-state index in [4.69, 9.17) is 33.2 Å². The molecule has 3 heterocycles. The number of carbonyl (C=O) groups is 6. The summed E-state index contributed by atoms with van der Waals surface area (Å²) < 4.78 is 39.4. The lowest BCUT2D eigenvalue weighted by Gasteiger charge is -2.40. The first-order chi connectivity index (χ1) is 44.3. The maximum atomic E-state index is 14.4. The van der Waals surface area contributed by atoms with Gasteiger partial charge < -0.3 is 106 Å². The smallest absolute Gasteiger partial charge is 0.223 e. The first kappa shape index (κ1) is 82.6. The fourth-order valence-electron chi connectivity index (χ4n) is 11.4. The highest BCUT2D eigenvalue weighted by molar-refractivity contribution is 5.92. The second-order valence-electron chi connectivity index (χ2n) is 25.3. The summed E-state index contributed by atoms with van der Waals surface area (Å²) in [6.45, 7) is 6.87. The average molecular weight is 1320 g/mol. The Balaban J connectivity index is 1.55. The fourth-order valence-corrected chi connectivity index (χ4v) is 11.4. The van der Waals surface area contributed by atoms with Crippen LogP contribution in [0, 0.1) is 23.7 Å². The minimum absolute atomic E-state index is 0.0112. The number of ether oxygens (including phenoxy) is 7. The van der Waals surface area contributed by atoms with Crippen molar-refractivity contribution in [2.75, 3.05) is 79.5 Å². The zero-order valence-corrected chi connectivity index (χ0v) is 55.5. The zero-order valence-electron chi connectivity index (χ0n) is 55.5. The molecule has 3 saturated heterocycles. The molecule has 3 aliphatic rings. The van der Waals surface area contributed by atoms with E-state index in [1.165, 1.54) is 0 Å². The van der Waals surface area contributed by atoms with Crippen molar-refractivity contribution in [1.29, 1.82) is 0 Å². The van der Waals surface area contributed by atoms with E-state index >= 15 is 0 Å². The maximum absolute atomic E-state index is 14.4. The number of unbranched alkanes of at least 4 members (excludes halogenated alkanes) is 13. The van der Waals surface area contributed by atoms with E-state index in [0.29, 0.717) is 155 Å². The Hall–Kier alpha value is -3.62. The number of carbonyl (C=O) groups excluding carboxylic acids is 6. The highest BCUT2D eigenvalue weighted by Gasteiger charge is 2.45.